The van der Waals surface area contributed by atoms with Crippen molar-refractivity contribution in [1.29, 1.82) is 0 Å². The highest BCUT2D eigenvalue weighted by Crippen LogP contribution is 2.27. The molecule has 0 aliphatic carbocycles. The van der Waals surface area contributed by atoms with Crippen LogP contribution in [0.3, 0.4) is 0 Å². The number of benzene rings is 1. The first-order valence-electron chi connectivity index (χ1n) is 11.1. The summed E-state index contributed by atoms with van der Waals surface area (Å²) in [6, 6.07) is 7.14. The summed E-state index contributed by atoms with van der Waals surface area (Å²) in [5, 5.41) is 3.28. The van der Waals surface area contributed by atoms with Gasteiger partial charge < -0.3 is 14.7 Å². The summed E-state index contributed by atoms with van der Waals surface area (Å²) in [6.45, 7) is 7.19. The number of hydrogen-bond donors (Lipinski definition) is 1. The standard InChI is InChI=1S/C22H31ClN6O2/c1-3-4-7-10-29-18-19(26(2)22(31)25-20(18)30)24-21(29)28-13-11-27(12-14-28)15-16-8-5-6-9-17(16)23/h5-6,8-9,18-19H,3-4,7,10-15H2,1-2H3,(H,25,30,31). The number of fused-ring (bicyclic) bond motifs is 1. The lowest BCUT2D eigenvalue weighted by atomic mass is 10.1. The Morgan fingerprint density at radius 2 is 1.87 bits per heavy atom. The van der Waals surface area contributed by atoms with Crippen molar-refractivity contribution in [2.24, 2.45) is 4.99 Å². The zero-order valence-electron chi connectivity index (χ0n) is 18.3. The molecule has 1 aromatic carbocycles. The van der Waals surface area contributed by atoms with Crippen molar-refractivity contribution in [3.05, 3.63) is 34.9 Å². The number of guanidine groups is 1. The number of unbranched alkanes of at least 4 members (excludes halogenated alkanes) is 2. The average molecular weight is 447 g/mol. The van der Waals surface area contributed by atoms with Crippen LogP contribution in [0.15, 0.2) is 29.3 Å². The normalized spacial score (nSPS) is 24.4. The molecule has 2 saturated heterocycles. The van der Waals surface area contributed by atoms with Gasteiger partial charge in [-0.15, -0.1) is 0 Å². The van der Waals surface area contributed by atoms with Gasteiger partial charge in [-0.3, -0.25) is 15.0 Å². The Morgan fingerprint density at radius 1 is 1.13 bits per heavy atom. The number of halogens is 1. The summed E-state index contributed by atoms with van der Waals surface area (Å²) in [6.07, 6.45) is 2.75. The number of carbonyl (C=O) groups excluding carboxylic acids is 2. The van der Waals surface area contributed by atoms with Crippen LogP contribution in [0.5, 0.6) is 0 Å². The Bertz CT molecular complexity index is 854. The minimum absolute atomic E-state index is 0.249. The molecule has 2 unspecified atom stereocenters. The second kappa shape index (κ2) is 9.44. The molecule has 3 amide bonds. The number of rotatable bonds is 6. The van der Waals surface area contributed by atoms with E-state index in [2.05, 4.69) is 33.0 Å². The van der Waals surface area contributed by atoms with Crippen molar-refractivity contribution in [2.75, 3.05) is 39.8 Å². The molecule has 0 saturated carbocycles. The van der Waals surface area contributed by atoms with Crippen molar-refractivity contribution in [2.45, 2.75) is 44.9 Å². The number of likely N-dealkylation sites (N-methyl/N-ethyl adjacent to an activating group) is 1. The van der Waals surface area contributed by atoms with Gasteiger partial charge in [0.1, 0.15) is 0 Å². The lowest BCUT2D eigenvalue weighted by Gasteiger charge is -2.40. The Hall–Kier alpha value is -2.32. The van der Waals surface area contributed by atoms with Crippen molar-refractivity contribution in [1.82, 2.24) is 24.9 Å². The molecule has 3 heterocycles. The lowest BCUT2D eigenvalue weighted by molar-refractivity contribution is -0.127. The zero-order chi connectivity index (χ0) is 22.0. The molecule has 8 nitrogen and oxygen atoms in total. The Kier molecular flexibility index (Phi) is 6.67. The van der Waals surface area contributed by atoms with Crippen LogP contribution in [0.25, 0.3) is 0 Å². The largest absolute Gasteiger partial charge is 0.340 e. The van der Waals surface area contributed by atoms with E-state index in [0.717, 1.165) is 75.1 Å². The molecule has 2 fully saturated rings. The zero-order valence-corrected chi connectivity index (χ0v) is 19.0. The maximum atomic E-state index is 12.7. The smallest absolute Gasteiger partial charge is 0.325 e. The predicted octanol–water partition coefficient (Wildman–Crippen LogP) is 2.20. The fraction of sp³-hybridized carbons (Fsp3) is 0.591. The van der Waals surface area contributed by atoms with Crippen LogP contribution in [0.1, 0.15) is 31.7 Å². The van der Waals surface area contributed by atoms with Crippen LogP contribution in [-0.2, 0) is 11.3 Å². The third-order valence-corrected chi connectivity index (χ3v) is 6.72. The second-order valence-electron chi connectivity index (χ2n) is 8.45. The molecule has 1 N–H and O–H groups in total. The fourth-order valence-corrected chi connectivity index (χ4v) is 4.71. The molecule has 168 valence electrons. The minimum Gasteiger partial charge on any atom is -0.340 e. The molecule has 4 rings (SSSR count). The van der Waals surface area contributed by atoms with Crippen molar-refractivity contribution < 1.29 is 9.59 Å². The van der Waals surface area contributed by atoms with Crippen LogP contribution < -0.4 is 5.32 Å². The van der Waals surface area contributed by atoms with Crippen LogP contribution in [0, 0.1) is 0 Å². The first kappa shape index (κ1) is 21.9. The SMILES string of the molecule is CCCCCN1C(N2CCN(Cc3ccccc3Cl)CC2)=NC2C1C(=O)NC(=O)N2C. The molecule has 1 aromatic rings. The number of aliphatic imine (C=N–C) groups is 1. The van der Waals surface area contributed by atoms with Gasteiger partial charge in [-0.05, 0) is 18.1 Å². The van der Waals surface area contributed by atoms with E-state index >= 15 is 0 Å². The van der Waals surface area contributed by atoms with E-state index in [-0.39, 0.29) is 11.9 Å². The van der Waals surface area contributed by atoms with Crippen LogP contribution in [0.4, 0.5) is 4.79 Å². The predicted molar refractivity (Wildman–Crippen MR) is 121 cm³/mol. The molecule has 3 aliphatic heterocycles. The average Bonchev–Trinajstić information content (AvgIpc) is 3.15. The van der Waals surface area contributed by atoms with E-state index in [0.29, 0.717) is 0 Å². The van der Waals surface area contributed by atoms with Crippen LogP contribution in [-0.4, -0.2) is 89.5 Å². The molecule has 2 atom stereocenters. The van der Waals surface area contributed by atoms with Gasteiger partial charge >= 0.3 is 6.03 Å². The third-order valence-electron chi connectivity index (χ3n) is 6.35. The monoisotopic (exact) mass is 446 g/mol. The second-order valence-corrected chi connectivity index (χ2v) is 8.86. The van der Waals surface area contributed by atoms with E-state index in [1.54, 1.807) is 11.9 Å². The summed E-state index contributed by atoms with van der Waals surface area (Å²) in [7, 11) is 1.71. The summed E-state index contributed by atoms with van der Waals surface area (Å²) < 4.78 is 0. The van der Waals surface area contributed by atoms with E-state index in [1.807, 2.05) is 18.2 Å². The maximum Gasteiger partial charge on any atom is 0.325 e. The number of nitrogens with one attached hydrogen (secondary N) is 1. The van der Waals surface area contributed by atoms with E-state index < -0.39 is 12.2 Å². The van der Waals surface area contributed by atoms with E-state index in [4.69, 9.17) is 16.6 Å². The summed E-state index contributed by atoms with van der Waals surface area (Å²) in [5.74, 6) is 0.598. The topological polar surface area (TPSA) is 71.5 Å². The highest BCUT2D eigenvalue weighted by Gasteiger charge is 2.49. The number of nitrogens with zero attached hydrogens (tertiary/aromatic N) is 5. The highest BCUT2D eigenvalue weighted by atomic mass is 35.5. The number of amides is 3. The first-order valence-corrected chi connectivity index (χ1v) is 11.5. The maximum absolute atomic E-state index is 12.7. The van der Waals surface area contributed by atoms with Crippen molar-refractivity contribution in [3.8, 4) is 0 Å². The number of piperazine rings is 1. The van der Waals surface area contributed by atoms with Gasteiger partial charge in [0.2, 0.25) is 0 Å². The fourth-order valence-electron chi connectivity index (χ4n) is 4.52. The molecule has 3 aliphatic rings. The molecule has 0 bridgehead atoms. The summed E-state index contributed by atoms with van der Waals surface area (Å²) in [5.41, 5.74) is 1.14. The van der Waals surface area contributed by atoms with Crippen LogP contribution >= 0.6 is 11.6 Å². The molecular weight excluding hydrogens is 416 g/mol. The van der Waals surface area contributed by atoms with Gasteiger partial charge in [0, 0.05) is 51.3 Å². The van der Waals surface area contributed by atoms with Gasteiger partial charge in [-0.2, -0.15) is 0 Å². The summed E-state index contributed by atoms with van der Waals surface area (Å²) in [4.78, 5) is 38.0. The Labute approximate surface area is 188 Å². The van der Waals surface area contributed by atoms with Crippen molar-refractivity contribution in [3.63, 3.8) is 0 Å². The molecule has 9 heteroatoms. The quantitative estimate of drug-likeness (QED) is 0.678. The number of imide groups is 1. The number of urea groups is 1. The summed E-state index contributed by atoms with van der Waals surface area (Å²) >= 11 is 6.33. The molecule has 31 heavy (non-hydrogen) atoms. The van der Waals surface area contributed by atoms with Gasteiger partial charge in [0.15, 0.2) is 18.2 Å². The Balaban J connectivity index is 1.46. The van der Waals surface area contributed by atoms with Crippen molar-refractivity contribution >= 4 is 29.5 Å². The molecule has 0 radical (unpaired) electrons. The lowest BCUT2D eigenvalue weighted by Crippen LogP contribution is -2.64. The molecule has 0 spiro atoms. The molecule has 0 aromatic heterocycles. The van der Waals surface area contributed by atoms with Crippen LogP contribution in [0.2, 0.25) is 5.02 Å². The van der Waals surface area contributed by atoms with Gasteiger partial charge in [0.05, 0.1) is 0 Å². The minimum atomic E-state index is -0.459. The van der Waals surface area contributed by atoms with Gasteiger partial charge in [-0.25, -0.2) is 9.79 Å². The van der Waals surface area contributed by atoms with E-state index in [9.17, 15) is 9.59 Å². The number of carbonyl (C=O) groups is 2. The highest BCUT2D eigenvalue weighted by molar-refractivity contribution is 6.31. The number of hydrogen-bond acceptors (Lipinski definition) is 6. The third kappa shape index (κ3) is 4.50. The van der Waals surface area contributed by atoms with E-state index in [1.165, 1.54) is 0 Å². The van der Waals surface area contributed by atoms with Gasteiger partial charge in [0.25, 0.3) is 5.91 Å². The Morgan fingerprint density at radius 3 is 2.58 bits per heavy atom. The first-order chi connectivity index (χ1) is 15.0. The molecular formula is C22H31ClN6O2. The van der Waals surface area contributed by atoms with Gasteiger partial charge in [-0.1, -0.05) is 49.6 Å².